The fourth-order valence-corrected chi connectivity index (χ4v) is 3.53. The van der Waals surface area contributed by atoms with Gasteiger partial charge in [0.05, 0.1) is 17.7 Å². The van der Waals surface area contributed by atoms with Crippen molar-refractivity contribution in [1.82, 2.24) is 15.1 Å². The smallest absolute Gasteiger partial charge is 0.244 e. The minimum Gasteiger partial charge on any atom is -0.349 e. The molecule has 1 N–H and O–H groups in total. The van der Waals surface area contributed by atoms with Gasteiger partial charge in [0.2, 0.25) is 5.91 Å². The summed E-state index contributed by atoms with van der Waals surface area (Å²) < 4.78 is 24.1. The van der Waals surface area contributed by atoms with Crippen LogP contribution in [0.1, 0.15) is 12.0 Å². The molecule has 1 unspecified atom stereocenters. The topological polar surface area (TPSA) is 81.1 Å². The summed E-state index contributed by atoms with van der Waals surface area (Å²) in [4.78, 5) is 11.6. The van der Waals surface area contributed by atoms with Gasteiger partial charge in [0.1, 0.15) is 0 Å². The third-order valence-corrected chi connectivity index (χ3v) is 4.50. The molecular formula is C11H15N3O3S. The van der Waals surface area contributed by atoms with E-state index < -0.39 is 9.84 Å². The van der Waals surface area contributed by atoms with E-state index in [1.165, 1.54) is 6.08 Å². The lowest BCUT2D eigenvalue weighted by Crippen LogP contribution is -2.34. The Bertz CT molecular complexity index is 574. The van der Waals surface area contributed by atoms with E-state index in [2.05, 4.69) is 10.4 Å². The van der Waals surface area contributed by atoms with Gasteiger partial charge in [0.25, 0.3) is 0 Å². The van der Waals surface area contributed by atoms with Crippen LogP contribution in [0, 0.1) is 0 Å². The summed E-state index contributed by atoms with van der Waals surface area (Å²) in [6.07, 6.45) is 6.95. The Morgan fingerprint density at radius 2 is 2.39 bits per heavy atom. The Hall–Kier alpha value is -1.63. The third-order valence-electron chi connectivity index (χ3n) is 2.73. The predicted octanol–water partition coefficient (Wildman–Crippen LogP) is -0.263. The summed E-state index contributed by atoms with van der Waals surface area (Å²) >= 11 is 0. The number of nitrogens with zero attached hydrogens (tertiary/aromatic N) is 2. The van der Waals surface area contributed by atoms with E-state index in [0.717, 1.165) is 5.56 Å². The van der Waals surface area contributed by atoms with Gasteiger partial charge in [-0.1, -0.05) is 0 Å². The van der Waals surface area contributed by atoms with Gasteiger partial charge in [-0.25, -0.2) is 8.42 Å². The number of rotatable bonds is 3. The molecule has 0 saturated carbocycles. The molecule has 0 aromatic carbocycles. The van der Waals surface area contributed by atoms with Crippen molar-refractivity contribution in [3.8, 4) is 0 Å². The molecule has 7 heteroatoms. The van der Waals surface area contributed by atoms with E-state index in [0.29, 0.717) is 6.42 Å². The number of carbonyl (C=O) groups excluding carboxylic acids is 1. The van der Waals surface area contributed by atoms with E-state index in [-0.39, 0.29) is 23.5 Å². The number of nitrogens with one attached hydrogen (secondary N) is 1. The predicted molar refractivity (Wildman–Crippen MR) is 67.4 cm³/mol. The number of hydrogen-bond donors (Lipinski definition) is 1. The summed E-state index contributed by atoms with van der Waals surface area (Å²) in [6, 6.07) is -0.263. The van der Waals surface area contributed by atoms with Gasteiger partial charge in [0, 0.05) is 30.9 Å². The van der Waals surface area contributed by atoms with E-state index in [9.17, 15) is 13.2 Å². The molecule has 2 rings (SSSR count). The molecule has 0 bridgehead atoms. The minimum absolute atomic E-state index is 0.0411. The van der Waals surface area contributed by atoms with Crippen LogP contribution in [-0.4, -0.2) is 41.7 Å². The lowest BCUT2D eigenvalue weighted by molar-refractivity contribution is -0.116. The third kappa shape index (κ3) is 3.43. The van der Waals surface area contributed by atoms with Crippen LogP contribution in [0.15, 0.2) is 18.5 Å². The van der Waals surface area contributed by atoms with Crippen molar-refractivity contribution in [1.29, 1.82) is 0 Å². The van der Waals surface area contributed by atoms with Crippen LogP contribution in [0.4, 0.5) is 0 Å². The van der Waals surface area contributed by atoms with Gasteiger partial charge in [-0.15, -0.1) is 0 Å². The molecule has 1 aromatic rings. The van der Waals surface area contributed by atoms with Crippen LogP contribution in [0.2, 0.25) is 0 Å². The minimum atomic E-state index is -2.96. The van der Waals surface area contributed by atoms with Crippen molar-refractivity contribution >= 4 is 21.8 Å². The summed E-state index contributed by atoms with van der Waals surface area (Å²) in [5.41, 5.74) is 0.826. The Morgan fingerprint density at radius 3 is 2.94 bits per heavy atom. The average molecular weight is 269 g/mol. The molecule has 2 heterocycles. The van der Waals surface area contributed by atoms with Crippen molar-refractivity contribution in [3.63, 3.8) is 0 Å². The zero-order valence-corrected chi connectivity index (χ0v) is 10.9. The monoisotopic (exact) mass is 269 g/mol. The molecule has 1 fully saturated rings. The van der Waals surface area contributed by atoms with Gasteiger partial charge < -0.3 is 5.32 Å². The Kier molecular flexibility index (Phi) is 3.51. The fraction of sp³-hybridized carbons (Fsp3) is 0.455. The lowest BCUT2D eigenvalue weighted by Gasteiger charge is -2.07. The second kappa shape index (κ2) is 4.93. The first-order chi connectivity index (χ1) is 8.44. The first kappa shape index (κ1) is 12.8. The maximum Gasteiger partial charge on any atom is 0.244 e. The van der Waals surface area contributed by atoms with Crippen molar-refractivity contribution in [2.75, 3.05) is 11.5 Å². The number of amides is 1. The molecule has 0 aliphatic carbocycles. The number of sulfone groups is 1. The van der Waals surface area contributed by atoms with Gasteiger partial charge in [-0.05, 0) is 12.5 Å². The molecule has 1 atom stereocenters. The van der Waals surface area contributed by atoms with E-state index >= 15 is 0 Å². The SMILES string of the molecule is Cn1cc(C=CC(=O)NC2CCS(=O)(=O)C2)cn1. The molecule has 18 heavy (non-hydrogen) atoms. The number of carbonyl (C=O) groups is 1. The summed E-state index contributed by atoms with van der Waals surface area (Å²) in [5.74, 6) is -0.0787. The zero-order valence-electron chi connectivity index (χ0n) is 10.0. The summed E-state index contributed by atoms with van der Waals surface area (Å²) in [5, 5.41) is 6.65. The van der Waals surface area contributed by atoms with Crippen molar-refractivity contribution < 1.29 is 13.2 Å². The van der Waals surface area contributed by atoms with Crippen LogP contribution in [0.5, 0.6) is 0 Å². The first-order valence-corrected chi connectivity index (χ1v) is 7.44. The standard InChI is InChI=1S/C11H15N3O3S/c1-14-7-9(6-12-14)2-3-11(15)13-10-4-5-18(16,17)8-10/h2-3,6-7,10H,4-5,8H2,1H3,(H,13,15). The van der Waals surface area contributed by atoms with Crippen LogP contribution < -0.4 is 5.32 Å². The summed E-state index contributed by atoms with van der Waals surface area (Å²) in [7, 11) is -1.16. The quantitative estimate of drug-likeness (QED) is 0.766. The molecule has 98 valence electrons. The molecule has 1 aromatic heterocycles. The second-order valence-corrected chi connectivity index (χ2v) is 6.62. The second-order valence-electron chi connectivity index (χ2n) is 4.39. The lowest BCUT2D eigenvalue weighted by atomic mass is 10.2. The first-order valence-electron chi connectivity index (χ1n) is 5.62. The van der Waals surface area contributed by atoms with Crippen LogP contribution >= 0.6 is 0 Å². The van der Waals surface area contributed by atoms with Crippen molar-refractivity contribution in [3.05, 3.63) is 24.0 Å². The Morgan fingerprint density at radius 1 is 1.61 bits per heavy atom. The van der Waals surface area contributed by atoms with Gasteiger partial charge in [-0.2, -0.15) is 5.10 Å². The largest absolute Gasteiger partial charge is 0.349 e. The molecule has 1 aliphatic rings. The normalized spacial score (nSPS) is 22.4. The van der Waals surface area contributed by atoms with E-state index in [4.69, 9.17) is 0 Å². The molecule has 0 radical (unpaired) electrons. The highest BCUT2D eigenvalue weighted by molar-refractivity contribution is 7.91. The van der Waals surface area contributed by atoms with Crippen molar-refractivity contribution in [2.24, 2.45) is 7.05 Å². The Labute approximate surface area is 106 Å². The zero-order chi connectivity index (χ0) is 13.2. The number of aromatic nitrogens is 2. The maximum absolute atomic E-state index is 11.6. The molecule has 0 spiro atoms. The maximum atomic E-state index is 11.6. The van der Waals surface area contributed by atoms with Gasteiger partial charge in [0.15, 0.2) is 9.84 Å². The Balaban J connectivity index is 1.88. The highest BCUT2D eigenvalue weighted by Gasteiger charge is 2.28. The molecule has 6 nitrogen and oxygen atoms in total. The molecule has 1 saturated heterocycles. The van der Waals surface area contributed by atoms with E-state index in [1.54, 1.807) is 30.2 Å². The molecule has 1 amide bonds. The highest BCUT2D eigenvalue weighted by atomic mass is 32.2. The van der Waals surface area contributed by atoms with Crippen LogP contribution in [0.25, 0.3) is 6.08 Å². The van der Waals surface area contributed by atoms with Gasteiger partial charge >= 0.3 is 0 Å². The van der Waals surface area contributed by atoms with Crippen LogP contribution in [-0.2, 0) is 21.7 Å². The van der Waals surface area contributed by atoms with Gasteiger partial charge in [-0.3, -0.25) is 9.48 Å². The average Bonchev–Trinajstić information content (AvgIpc) is 2.82. The van der Waals surface area contributed by atoms with E-state index in [1.807, 2.05) is 0 Å². The molecular weight excluding hydrogens is 254 g/mol. The van der Waals surface area contributed by atoms with Crippen molar-refractivity contribution in [2.45, 2.75) is 12.5 Å². The number of hydrogen-bond acceptors (Lipinski definition) is 4. The van der Waals surface area contributed by atoms with Crippen LogP contribution in [0.3, 0.4) is 0 Å². The summed E-state index contributed by atoms with van der Waals surface area (Å²) in [6.45, 7) is 0. The number of aryl methyl sites for hydroxylation is 1. The molecule has 1 aliphatic heterocycles. The fourth-order valence-electron chi connectivity index (χ4n) is 1.86. The highest BCUT2D eigenvalue weighted by Crippen LogP contribution is 2.11.